The van der Waals surface area contributed by atoms with Crippen LogP contribution in [-0.2, 0) is 9.31 Å². The first-order chi connectivity index (χ1) is 8.80. The van der Waals surface area contributed by atoms with Gasteiger partial charge in [0.25, 0.3) is 0 Å². The molecule has 1 aromatic heterocycles. The number of aryl methyl sites for hydroxylation is 1. The van der Waals surface area contributed by atoms with E-state index in [1.165, 1.54) is 0 Å². The molecule has 100 valence electrons. The average molecular weight is 258 g/mol. The molecule has 0 unspecified atom stereocenters. The van der Waals surface area contributed by atoms with Crippen LogP contribution in [0.15, 0.2) is 28.7 Å². The predicted octanol–water partition coefficient (Wildman–Crippen LogP) is 3.04. The van der Waals surface area contributed by atoms with Crippen LogP contribution >= 0.6 is 0 Å². The number of hydrogen-bond acceptors (Lipinski definition) is 3. The Bertz CT molecular complexity index is 611. The Morgan fingerprint density at radius 2 is 1.63 bits per heavy atom. The molecule has 0 bridgehead atoms. The topological polar surface area (TPSA) is 31.6 Å². The molecular weight excluding hydrogens is 239 g/mol. The highest BCUT2D eigenvalue weighted by Gasteiger charge is 2.52. The van der Waals surface area contributed by atoms with Crippen LogP contribution in [0.25, 0.3) is 11.0 Å². The number of benzene rings is 1. The maximum atomic E-state index is 6.09. The molecule has 3 nitrogen and oxygen atoms in total. The van der Waals surface area contributed by atoms with E-state index in [-0.39, 0.29) is 18.3 Å². The number of rotatable bonds is 1. The van der Waals surface area contributed by atoms with Crippen LogP contribution < -0.4 is 5.46 Å². The summed E-state index contributed by atoms with van der Waals surface area (Å²) in [7, 11) is -0.376. The van der Waals surface area contributed by atoms with Crippen molar-refractivity contribution in [2.24, 2.45) is 0 Å². The molecule has 2 heterocycles. The van der Waals surface area contributed by atoms with E-state index in [1.807, 2.05) is 31.2 Å². The van der Waals surface area contributed by atoms with Gasteiger partial charge in [-0.1, -0.05) is 18.2 Å². The van der Waals surface area contributed by atoms with E-state index in [0.29, 0.717) is 0 Å². The minimum Gasteiger partial charge on any atom is -0.462 e. The molecule has 19 heavy (non-hydrogen) atoms. The van der Waals surface area contributed by atoms with Gasteiger partial charge in [0.15, 0.2) is 0 Å². The molecule has 0 aliphatic carbocycles. The maximum absolute atomic E-state index is 6.09. The fourth-order valence-corrected chi connectivity index (χ4v) is 2.37. The van der Waals surface area contributed by atoms with Gasteiger partial charge in [0.1, 0.15) is 11.3 Å². The lowest BCUT2D eigenvalue weighted by Crippen LogP contribution is -2.41. The van der Waals surface area contributed by atoms with Gasteiger partial charge in [-0.25, -0.2) is 0 Å². The van der Waals surface area contributed by atoms with E-state index in [0.717, 1.165) is 22.2 Å². The molecule has 4 heteroatoms. The van der Waals surface area contributed by atoms with Gasteiger partial charge >= 0.3 is 7.12 Å². The van der Waals surface area contributed by atoms with E-state index in [4.69, 9.17) is 13.7 Å². The summed E-state index contributed by atoms with van der Waals surface area (Å²) in [6.45, 7) is 10.2. The summed E-state index contributed by atoms with van der Waals surface area (Å²) >= 11 is 0. The highest BCUT2D eigenvalue weighted by Crippen LogP contribution is 2.37. The van der Waals surface area contributed by atoms with E-state index in [9.17, 15) is 0 Å². The molecule has 3 rings (SSSR count). The summed E-state index contributed by atoms with van der Waals surface area (Å²) in [5.74, 6) is 0.902. The number of para-hydroxylation sites is 1. The van der Waals surface area contributed by atoms with Gasteiger partial charge in [-0.15, -0.1) is 0 Å². The first kappa shape index (κ1) is 12.8. The van der Waals surface area contributed by atoms with Gasteiger partial charge in [-0.3, -0.25) is 0 Å². The lowest BCUT2D eigenvalue weighted by atomic mass is 9.78. The molecule has 0 N–H and O–H groups in total. The first-order valence-electron chi connectivity index (χ1n) is 6.65. The highest BCUT2D eigenvalue weighted by atomic mass is 16.7. The molecule has 2 aromatic rings. The van der Waals surface area contributed by atoms with Crippen molar-refractivity contribution in [2.45, 2.75) is 45.8 Å². The van der Waals surface area contributed by atoms with Crippen LogP contribution in [0.4, 0.5) is 0 Å². The van der Waals surface area contributed by atoms with Crippen LogP contribution in [-0.4, -0.2) is 18.3 Å². The average Bonchev–Trinajstić information content (AvgIpc) is 2.75. The third-order valence-electron chi connectivity index (χ3n) is 4.20. The Morgan fingerprint density at radius 1 is 1.00 bits per heavy atom. The first-order valence-corrected chi connectivity index (χ1v) is 6.65. The van der Waals surface area contributed by atoms with Crippen LogP contribution in [0, 0.1) is 6.92 Å². The fourth-order valence-electron chi connectivity index (χ4n) is 2.37. The van der Waals surface area contributed by atoms with Gasteiger partial charge < -0.3 is 13.7 Å². The van der Waals surface area contributed by atoms with Crippen molar-refractivity contribution in [1.29, 1.82) is 0 Å². The molecule has 1 aliphatic heterocycles. The van der Waals surface area contributed by atoms with Crippen LogP contribution in [0.2, 0.25) is 0 Å². The molecule has 0 saturated carbocycles. The molecule has 0 radical (unpaired) electrons. The Kier molecular flexibility index (Phi) is 2.60. The fraction of sp³-hybridized carbons (Fsp3) is 0.467. The lowest BCUT2D eigenvalue weighted by molar-refractivity contribution is 0.00578. The number of fused-ring (bicyclic) bond motifs is 1. The van der Waals surface area contributed by atoms with Gasteiger partial charge in [-0.2, -0.15) is 0 Å². The normalized spacial score (nSPS) is 21.2. The molecule has 0 atom stereocenters. The lowest BCUT2D eigenvalue weighted by Gasteiger charge is -2.32. The summed E-state index contributed by atoms with van der Waals surface area (Å²) < 4.78 is 18.0. The molecule has 1 saturated heterocycles. The zero-order chi connectivity index (χ0) is 13.8. The van der Waals surface area contributed by atoms with Gasteiger partial charge in [0.05, 0.1) is 11.2 Å². The number of furan rings is 1. The van der Waals surface area contributed by atoms with Crippen molar-refractivity contribution in [2.75, 3.05) is 0 Å². The van der Waals surface area contributed by atoms with Crippen LogP contribution in [0.5, 0.6) is 0 Å². The number of hydrogen-bond donors (Lipinski definition) is 0. The minimum absolute atomic E-state index is 0.332. The van der Waals surface area contributed by atoms with Crippen molar-refractivity contribution >= 4 is 23.6 Å². The molecule has 0 spiro atoms. The van der Waals surface area contributed by atoms with Gasteiger partial charge in [-0.05, 0) is 40.7 Å². The van der Waals surface area contributed by atoms with Crippen molar-refractivity contribution in [3.63, 3.8) is 0 Å². The summed E-state index contributed by atoms with van der Waals surface area (Å²) in [6, 6.07) is 8.09. The van der Waals surface area contributed by atoms with E-state index in [2.05, 4.69) is 27.7 Å². The Labute approximate surface area is 114 Å². The molecular formula is C15H19BO3. The SMILES string of the molecule is Cc1cc2cccc(B3OC(C)(C)C(C)(C)O3)c2o1. The third kappa shape index (κ3) is 1.90. The Hall–Kier alpha value is -1.26. The second kappa shape index (κ2) is 3.87. The molecule has 1 fully saturated rings. The van der Waals surface area contributed by atoms with Gasteiger partial charge in [0, 0.05) is 10.8 Å². The second-order valence-electron chi connectivity index (χ2n) is 6.21. The molecule has 1 aliphatic rings. The monoisotopic (exact) mass is 258 g/mol. The Balaban J connectivity index is 2.07. The quantitative estimate of drug-likeness (QED) is 0.737. The van der Waals surface area contributed by atoms with E-state index < -0.39 is 0 Å². The maximum Gasteiger partial charge on any atom is 0.498 e. The summed E-state index contributed by atoms with van der Waals surface area (Å²) in [4.78, 5) is 0. The van der Waals surface area contributed by atoms with Crippen LogP contribution in [0.3, 0.4) is 0 Å². The zero-order valence-corrected chi connectivity index (χ0v) is 12.1. The van der Waals surface area contributed by atoms with Crippen molar-refractivity contribution in [3.8, 4) is 0 Å². The summed E-state index contributed by atoms with van der Waals surface area (Å²) in [6.07, 6.45) is 0. The van der Waals surface area contributed by atoms with Crippen LogP contribution in [0.1, 0.15) is 33.5 Å². The standard InChI is InChI=1S/C15H19BO3/c1-10-9-11-7-6-8-12(13(11)17-10)16-18-14(2,3)15(4,5)19-16/h6-9H,1-5H3. The Morgan fingerprint density at radius 3 is 2.26 bits per heavy atom. The summed E-state index contributed by atoms with van der Waals surface area (Å²) in [5, 5.41) is 1.09. The summed E-state index contributed by atoms with van der Waals surface area (Å²) in [5.41, 5.74) is 1.16. The van der Waals surface area contributed by atoms with Crippen molar-refractivity contribution in [3.05, 3.63) is 30.0 Å². The van der Waals surface area contributed by atoms with E-state index in [1.54, 1.807) is 0 Å². The van der Waals surface area contributed by atoms with E-state index >= 15 is 0 Å². The van der Waals surface area contributed by atoms with Crippen molar-refractivity contribution in [1.82, 2.24) is 0 Å². The zero-order valence-electron chi connectivity index (χ0n) is 12.1. The third-order valence-corrected chi connectivity index (χ3v) is 4.20. The second-order valence-corrected chi connectivity index (χ2v) is 6.21. The van der Waals surface area contributed by atoms with Gasteiger partial charge in [0.2, 0.25) is 0 Å². The van der Waals surface area contributed by atoms with Crippen molar-refractivity contribution < 1.29 is 13.7 Å². The molecule has 1 aromatic carbocycles. The highest BCUT2D eigenvalue weighted by molar-refractivity contribution is 6.64. The minimum atomic E-state index is -0.376. The molecule has 0 amide bonds. The largest absolute Gasteiger partial charge is 0.498 e. The predicted molar refractivity (Wildman–Crippen MR) is 76.7 cm³/mol. The smallest absolute Gasteiger partial charge is 0.462 e.